The fourth-order valence-corrected chi connectivity index (χ4v) is 3.45. The van der Waals surface area contributed by atoms with Gasteiger partial charge in [0.25, 0.3) is 0 Å². The molecule has 0 heterocycles. The minimum Gasteiger partial charge on any atom is -0.469 e. The molecule has 0 aromatic heterocycles. The van der Waals surface area contributed by atoms with Crippen LogP contribution in [0.15, 0.2) is 25.3 Å². The molecule has 2 atom stereocenters. The Morgan fingerprint density at radius 3 is 2.50 bits per heavy atom. The summed E-state index contributed by atoms with van der Waals surface area (Å²) in [6.45, 7) is 12.1. The van der Waals surface area contributed by atoms with Crippen LogP contribution < -0.4 is 0 Å². The smallest absolute Gasteiger partial charge is 0.308 e. The lowest BCUT2D eigenvalue weighted by atomic mass is 9.71. The van der Waals surface area contributed by atoms with Crippen LogP contribution in [0.2, 0.25) is 0 Å². The third-order valence-electron chi connectivity index (χ3n) is 4.84. The number of hydrogen-bond donors (Lipinski definition) is 0. The van der Waals surface area contributed by atoms with Crippen LogP contribution in [0.4, 0.5) is 0 Å². The molecule has 1 saturated carbocycles. The van der Waals surface area contributed by atoms with Crippen LogP contribution >= 0.6 is 0 Å². The Hall–Kier alpha value is -1.58. The molecule has 1 fully saturated rings. The van der Waals surface area contributed by atoms with E-state index in [9.17, 15) is 9.59 Å². The molecule has 22 heavy (non-hydrogen) atoms. The second-order valence-electron chi connectivity index (χ2n) is 6.52. The molecule has 1 amide bonds. The summed E-state index contributed by atoms with van der Waals surface area (Å²) in [5.41, 5.74) is -0.318. The molecule has 4 nitrogen and oxygen atoms in total. The Bertz CT molecular complexity index is 428. The lowest BCUT2D eigenvalue weighted by Crippen LogP contribution is -2.53. The maximum atomic E-state index is 12.4. The van der Waals surface area contributed by atoms with Crippen molar-refractivity contribution in [1.29, 1.82) is 0 Å². The standard InChI is InChI=1S/C18H29NO3/c1-6-9-16(20)19(12-7-2)18(3,4)15-11-8-10-14(13-15)17(21)22-5/h6-7,14-15H,1-2,8-13H2,3-5H3/t14-,15+/m1/s1. The summed E-state index contributed by atoms with van der Waals surface area (Å²) in [5.74, 6) is 0.149. The second-order valence-corrected chi connectivity index (χ2v) is 6.52. The van der Waals surface area contributed by atoms with Crippen molar-refractivity contribution in [2.75, 3.05) is 13.7 Å². The molecular formula is C18H29NO3. The average Bonchev–Trinajstić information content (AvgIpc) is 2.51. The number of rotatable bonds is 7. The van der Waals surface area contributed by atoms with Crippen LogP contribution in [0.5, 0.6) is 0 Å². The molecule has 0 aromatic rings. The first-order valence-electron chi connectivity index (χ1n) is 7.98. The van der Waals surface area contributed by atoms with Gasteiger partial charge in [-0.3, -0.25) is 9.59 Å². The van der Waals surface area contributed by atoms with Crippen LogP contribution in [0, 0.1) is 11.8 Å². The van der Waals surface area contributed by atoms with Crippen molar-refractivity contribution in [2.45, 2.75) is 51.5 Å². The zero-order chi connectivity index (χ0) is 16.8. The van der Waals surface area contributed by atoms with E-state index < -0.39 is 0 Å². The quantitative estimate of drug-likeness (QED) is 0.535. The molecule has 1 aliphatic rings. The Morgan fingerprint density at radius 2 is 1.95 bits per heavy atom. The number of nitrogens with zero attached hydrogens (tertiary/aromatic N) is 1. The molecule has 0 unspecified atom stereocenters. The largest absolute Gasteiger partial charge is 0.469 e. The first-order chi connectivity index (χ1) is 10.4. The molecule has 0 radical (unpaired) electrons. The maximum absolute atomic E-state index is 12.4. The Morgan fingerprint density at radius 1 is 1.27 bits per heavy atom. The van der Waals surface area contributed by atoms with E-state index in [0.717, 1.165) is 25.7 Å². The minimum absolute atomic E-state index is 0.0527. The van der Waals surface area contributed by atoms with Gasteiger partial charge in [-0.25, -0.2) is 0 Å². The molecule has 0 aromatic carbocycles. The van der Waals surface area contributed by atoms with Gasteiger partial charge in [0, 0.05) is 18.5 Å². The van der Waals surface area contributed by atoms with Gasteiger partial charge < -0.3 is 9.64 Å². The van der Waals surface area contributed by atoms with Gasteiger partial charge in [0.15, 0.2) is 0 Å². The molecule has 0 N–H and O–H groups in total. The van der Waals surface area contributed by atoms with Gasteiger partial charge in [-0.15, -0.1) is 13.2 Å². The summed E-state index contributed by atoms with van der Waals surface area (Å²) >= 11 is 0. The van der Waals surface area contributed by atoms with Crippen LogP contribution in [-0.4, -0.2) is 36.0 Å². The highest BCUT2D eigenvalue weighted by Crippen LogP contribution is 2.39. The number of amides is 1. The Labute approximate surface area is 134 Å². The van der Waals surface area contributed by atoms with Gasteiger partial charge in [-0.2, -0.15) is 0 Å². The number of esters is 1. The molecule has 4 heteroatoms. The SMILES string of the molecule is C=CCC(=O)N(CC=C)C(C)(C)[C@H]1CCC[C@@H](C(=O)OC)C1. The third kappa shape index (κ3) is 4.21. The normalized spacial score (nSPS) is 21.8. The van der Waals surface area contributed by atoms with Crippen molar-refractivity contribution in [3.05, 3.63) is 25.3 Å². The average molecular weight is 307 g/mol. The van der Waals surface area contributed by atoms with Gasteiger partial charge in [0.2, 0.25) is 5.91 Å². The van der Waals surface area contributed by atoms with Crippen molar-refractivity contribution in [3.63, 3.8) is 0 Å². The predicted octanol–water partition coefficient (Wildman–Crippen LogP) is 3.34. The highest BCUT2D eigenvalue weighted by atomic mass is 16.5. The number of methoxy groups -OCH3 is 1. The van der Waals surface area contributed by atoms with E-state index in [1.54, 1.807) is 12.2 Å². The zero-order valence-electron chi connectivity index (χ0n) is 14.1. The van der Waals surface area contributed by atoms with Gasteiger partial charge in [0.1, 0.15) is 0 Å². The highest BCUT2D eigenvalue weighted by Gasteiger charge is 2.41. The molecule has 0 saturated heterocycles. The minimum atomic E-state index is -0.318. The number of hydrogen-bond acceptors (Lipinski definition) is 3. The van der Waals surface area contributed by atoms with Gasteiger partial charge in [-0.05, 0) is 39.0 Å². The highest BCUT2D eigenvalue weighted by molar-refractivity contribution is 5.78. The van der Waals surface area contributed by atoms with Gasteiger partial charge >= 0.3 is 5.97 Å². The van der Waals surface area contributed by atoms with E-state index in [0.29, 0.717) is 13.0 Å². The van der Waals surface area contributed by atoms with Crippen LogP contribution in [0.25, 0.3) is 0 Å². The zero-order valence-corrected chi connectivity index (χ0v) is 14.1. The fraction of sp³-hybridized carbons (Fsp3) is 0.667. The molecule has 1 aliphatic carbocycles. The van der Waals surface area contributed by atoms with E-state index in [4.69, 9.17) is 4.74 Å². The fourth-order valence-electron chi connectivity index (χ4n) is 3.45. The topological polar surface area (TPSA) is 46.6 Å². The van der Waals surface area contributed by atoms with Crippen LogP contribution in [0.3, 0.4) is 0 Å². The van der Waals surface area contributed by atoms with Gasteiger partial charge in [-0.1, -0.05) is 18.6 Å². The van der Waals surface area contributed by atoms with E-state index in [1.165, 1.54) is 7.11 Å². The molecule has 0 spiro atoms. The van der Waals surface area contributed by atoms with Crippen molar-refractivity contribution in [1.82, 2.24) is 4.90 Å². The van der Waals surface area contributed by atoms with Crippen LogP contribution in [-0.2, 0) is 14.3 Å². The van der Waals surface area contributed by atoms with E-state index in [-0.39, 0.29) is 29.3 Å². The van der Waals surface area contributed by atoms with Gasteiger partial charge in [0.05, 0.1) is 13.0 Å². The Kier molecular flexibility index (Phi) is 6.85. The maximum Gasteiger partial charge on any atom is 0.308 e. The van der Waals surface area contributed by atoms with E-state index >= 15 is 0 Å². The van der Waals surface area contributed by atoms with Crippen molar-refractivity contribution >= 4 is 11.9 Å². The van der Waals surface area contributed by atoms with E-state index in [2.05, 4.69) is 27.0 Å². The van der Waals surface area contributed by atoms with Crippen molar-refractivity contribution in [2.24, 2.45) is 11.8 Å². The van der Waals surface area contributed by atoms with Crippen molar-refractivity contribution < 1.29 is 14.3 Å². The summed E-state index contributed by atoms with van der Waals surface area (Å²) in [7, 11) is 1.44. The lowest BCUT2D eigenvalue weighted by molar-refractivity contribution is -0.148. The number of ether oxygens (including phenoxy) is 1. The monoisotopic (exact) mass is 307 g/mol. The summed E-state index contributed by atoms with van der Waals surface area (Å²) < 4.78 is 4.90. The third-order valence-corrected chi connectivity index (χ3v) is 4.84. The predicted molar refractivity (Wildman–Crippen MR) is 88.3 cm³/mol. The first kappa shape index (κ1) is 18.5. The molecule has 0 bridgehead atoms. The summed E-state index contributed by atoms with van der Waals surface area (Å²) in [5, 5.41) is 0. The number of carbonyl (C=O) groups excluding carboxylic acids is 2. The summed E-state index contributed by atoms with van der Waals surface area (Å²) in [6, 6.07) is 0. The van der Waals surface area contributed by atoms with Crippen molar-refractivity contribution in [3.8, 4) is 0 Å². The van der Waals surface area contributed by atoms with Crippen LogP contribution in [0.1, 0.15) is 46.0 Å². The second kappa shape index (κ2) is 8.16. The summed E-state index contributed by atoms with van der Waals surface area (Å²) in [4.78, 5) is 26.1. The Balaban J connectivity index is 2.92. The summed E-state index contributed by atoms with van der Waals surface area (Å²) in [6.07, 6.45) is 7.37. The first-order valence-corrected chi connectivity index (χ1v) is 7.98. The lowest BCUT2D eigenvalue weighted by Gasteiger charge is -2.46. The number of carbonyl (C=O) groups is 2. The van der Waals surface area contributed by atoms with E-state index in [1.807, 2.05) is 4.90 Å². The molecule has 0 aliphatic heterocycles. The molecule has 1 rings (SSSR count). The molecular weight excluding hydrogens is 278 g/mol. The molecule has 124 valence electrons.